The first-order valence-corrected chi connectivity index (χ1v) is 10.8. The molecule has 8 nitrogen and oxygen atoms in total. The van der Waals surface area contributed by atoms with Crippen LogP contribution in [0.15, 0.2) is 30.5 Å². The second kappa shape index (κ2) is 11.8. The summed E-state index contributed by atoms with van der Waals surface area (Å²) in [6.07, 6.45) is -0.0534. The molecule has 33 heavy (non-hydrogen) atoms. The van der Waals surface area contributed by atoms with Gasteiger partial charge in [0, 0.05) is 20.0 Å². The Hall–Kier alpha value is -2.92. The van der Waals surface area contributed by atoms with Gasteiger partial charge in [-0.25, -0.2) is 4.98 Å². The van der Waals surface area contributed by atoms with Crippen LogP contribution >= 0.6 is 0 Å². The van der Waals surface area contributed by atoms with Gasteiger partial charge in [0.15, 0.2) is 5.82 Å². The average molecular weight is 467 g/mol. The van der Waals surface area contributed by atoms with Crippen molar-refractivity contribution >= 4 is 17.9 Å². The number of carbonyl (C=O) groups is 1. The zero-order chi connectivity index (χ0) is 23.7. The molecule has 0 saturated carbocycles. The van der Waals surface area contributed by atoms with Crippen LogP contribution in [0.3, 0.4) is 0 Å². The number of ether oxygens (including phenoxy) is 2. The molecule has 1 amide bonds. The van der Waals surface area contributed by atoms with Crippen molar-refractivity contribution in [3.05, 3.63) is 41.6 Å². The van der Waals surface area contributed by atoms with E-state index in [4.69, 9.17) is 4.74 Å². The Morgan fingerprint density at radius 1 is 1.15 bits per heavy atom. The summed E-state index contributed by atoms with van der Waals surface area (Å²) in [5.41, 5.74) is 2.67. The maximum Gasteiger partial charge on any atom is 0.522 e. The first-order valence-electron chi connectivity index (χ1n) is 10.8. The highest BCUT2D eigenvalue weighted by Crippen LogP contribution is 2.25. The van der Waals surface area contributed by atoms with Gasteiger partial charge in [-0.1, -0.05) is 24.3 Å². The minimum atomic E-state index is -4.67. The third-order valence-corrected chi connectivity index (χ3v) is 5.18. The van der Waals surface area contributed by atoms with Gasteiger partial charge in [-0.3, -0.25) is 19.3 Å². The van der Waals surface area contributed by atoms with Gasteiger partial charge in [0.2, 0.25) is 6.41 Å². The van der Waals surface area contributed by atoms with Crippen LogP contribution in [-0.4, -0.2) is 61.0 Å². The fraction of sp³-hybridized carbons (Fsp3) is 0.500. The van der Waals surface area contributed by atoms with Crippen molar-refractivity contribution in [3.63, 3.8) is 0 Å². The summed E-state index contributed by atoms with van der Waals surface area (Å²) in [4.78, 5) is 24.0. The molecule has 1 aromatic carbocycles. The quantitative estimate of drug-likeness (QED) is 0.378. The average Bonchev–Trinajstić information content (AvgIpc) is 3.30. The summed E-state index contributed by atoms with van der Waals surface area (Å²) in [7, 11) is 1.67. The molecule has 180 valence electrons. The molecule has 1 aliphatic heterocycles. The molecule has 3 rings (SSSR count). The number of anilines is 2. The molecule has 1 fully saturated rings. The molecule has 0 unspecified atom stereocenters. The normalized spacial score (nSPS) is 14.3. The summed E-state index contributed by atoms with van der Waals surface area (Å²) in [5, 5.41) is 2.93. The third-order valence-electron chi connectivity index (χ3n) is 5.18. The van der Waals surface area contributed by atoms with Crippen molar-refractivity contribution in [3.8, 4) is 6.01 Å². The molecule has 11 heteroatoms. The van der Waals surface area contributed by atoms with E-state index in [1.165, 1.54) is 29.5 Å². The Balaban J connectivity index is 1.61. The van der Waals surface area contributed by atoms with Crippen LogP contribution in [0.25, 0.3) is 0 Å². The van der Waals surface area contributed by atoms with Crippen molar-refractivity contribution in [2.75, 3.05) is 43.6 Å². The molecule has 1 saturated heterocycles. The molecule has 1 aliphatic rings. The molecule has 2 heterocycles. The van der Waals surface area contributed by atoms with E-state index < -0.39 is 13.0 Å². The zero-order valence-corrected chi connectivity index (χ0v) is 18.5. The number of likely N-dealkylation sites (tertiary alicyclic amines) is 1. The second-order valence-corrected chi connectivity index (χ2v) is 7.67. The Bertz CT molecular complexity index is 890. The Kier molecular flexibility index (Phi) is 8.84. The minimum absolute atomic E-state index is 0.00710. The number of amides is 1. The van der Waals surface area contributed by atoms with Crippen LogP contribution in [0.2, 0.25) is 0 Å². The molecular weight excluding hydrogens is 439 g/mol. The third kappa shape index (κ3) is 7.86. The lowest BCUT2D eigenvalue weighted by molar-refractivity contribution is -0.324. The number of nitrogens with zero attached hydrogens (tertiary/aromatic N) is 4. The van der Waals surface area contributed by atoms with Gasteiger partial charge >= 0.3 is 12.4 Å². The largest absolute Gasteiger partial charge is 0.522 e. The maximum atomic E-state index is 12.0. The van der Waals surface area contributed by atoms with Gasteiger partial charge in [0.25, 0.3) is 0 Å². The van der Waals surface area contributed by atoms with Crippen LogP contribution in [0.1, 0.15) is 30.4 Å². The molecule has 0 radical (unpaired) electrons. The van der Waals surface area contributed by atoms with E-state index in [1.807, 2.05) is 12.1 Å². The van der Waals surface area contributed by atoms with E-state index in [0.29, 0.717) is 17.9 Å². The summed E-state index contributed by atoms with van der Waals surface area (Å²) in [5.74, 6) is 0.310. The smallest absolute Gasteiger partial charge is 0.463 e. The van der Waals surface area contributed by atoms with E-state index in [2.05, 4.69) is 37.1 Å². The number of nitrogens with one attached hydrogen (secondary N) is 1. The van der Waals surface area contributed by atoms with E-state index in [0.717, 1.165) is 25.2 Å². The predicted molar refractivity (Wildman–Crippen MR) is 117 cm³/mol. The van der Waals surface area contributed by atoms with E-state index in [-0.39, 0.29) is 25.6 Å². The summed E-state index contributed by atoms with van der Waals surface area (Å²) in [6, 6.07) is 8.06. The summed E-state index contributed by atoms with van der Waals surface area (Å²) >= 11 is 0. The SMILES string of the molecule is CNc1cnc(OCCCOC(F)(F)F)nc1N(C=O)Cc1ccc(CN2CCCC2)cc1. The topological polar surface area (TPSA) is 79.8 Å². The number of halogens is 3. The first kappa shape index (κ1) is 24.7. The highest BCUT2D eigenvalue weighted by Gasteiger charge is 2.28. The molecule has 1 N–H and O–H groups in total. The fourth-order valence-corrected chi connectivity index (χ4v) is 3.54. The molecular formula is C22H28F3N5O3. The van der Waals surface area contributed by atoms with Crippen molar-refractivity contribution in [2.45, 2.75) is 38.7 Å². The molecule has 0 spiro atoms. The van der Waals surface area contributed by atoms with E-state index >= 15 is 0 Å². The van der Waals surface area contributed by atoms with Crippen LogP contribution in [0.5, 0.6) is 6.01 Å². The van der Waals surface area contributed by atoms with Crippen molar-refractivity contribution < 1.29 is 27.4 Å². The number of rotatable bonds is 12. The van der Waals surface area contributed by atoms with Gasteiger partial charge in [0.1, 0.15) is 0 Å². The number of hydrogen-bond donors (Lipinski definition) is 1. The first-order chi connectivity index (χ1) is 15.9. The van der Waals surface area contributed by atoms with Gasteiger partial charge in [-0.15, -0.1) is 13.2 Å². The fourth-order valence-electron chi connectivity index (χ4n) is 3.54. The lowest BCUT2D eigenvalue weighted by Gasteiger charge is -2.20. The van der Waals surface area contributed by atoms with Crippen LogP contribution in [0.4, 0.5) is 24.7 Å². The number of benzene rings is 1. The molecule has 0 bridgehead atoms. The predicted octanol–water partition coefficient (Wildman–Crippen LogP) is 3.58. The van der Waals surface area contributed by atoms with Gasteiger partial charge in [0.05, 0.1) is 31.6 Å². The molecule has 0 aliphatic carbocycles. The number of hydrogen-bond acceptors (Lipinski definition) is 7. The Morgan fingerprint density at radius 2 is 1.85 bits per heavy atom. The Morgan fingerprint density at radius 3 is 2.48 bits per heavy atom. The monoisotopic (exact) mass is 467 g/mol. The standard InChI is InChI=1S/C22H28F3N5O3/c1-26-19-13-27-21(32-11-4-12-33-22(23,24)25)28-20(19)30(16-31)15-18-7-5-17(6-8-18)14-29-9-2-3-10-29/h5-8,13,16,26H,2-4,9-12,14-15H2,1H3. The lowest BCUT2D eigenvalue weighted by atomic mass is 10.1. The minimum Gasteiger partial charge on any atom is -0.463 e. The number of aromatic nitrogens is 2. The summed E-state index contributed by atoms with van der Waals surface area (Å²) in [6.45, 7) is 2.87. The summed E-state index contributed by atoms with van der Waals surface area (Å²) < 4.78 is 45.1. The highest BCUT2D eigenvalue weighted by atomic mass is 19.4. The highest BCUT2D eigenvalue weighted by molar-refractivity contribution is 5.80. The molecule has 2 aromatic rings. The molecule has 0 atom stereocenters. The molecule has 1 aromatic heterocycles. The Labute approximate surface area is 190 Å². The number of carbonyl (C=O) groups excluding carboxylic acids is 1. The van der Waals surface area contributed by atoms with Gasteiger partial charge < -0.3 is 10.1 Å². The van der Waals surface area contributed by atoms with Gasteiger partial charge in [-0.2, -0.15) is 4.98 Å². The van der Waals surface area contributed by atoms with Gasteiger partial charge in [-0.05, 0) is 37.1 Å². The van der Waals surface area contributed by atoms with Crippen LogP contribution in [0, 0.1) is 0 Å². The van der Waals surface area contributed by atoms with Crippen molar-refractivity contribution in [1.82, 2.24) is 14.9 Å². The van der Waals surface area contributed by atoms with E-state index in [1.54, 1.807) is 7.05 Å². The zero-order valence-electron chi connectivity index (χ0n) is 18.5. The second-order valence-electron chi connectivity index (χ2n) is 7.67. The lowest BCUT2D eigenvalue weighted by Crippen LogP contribution is -2.23. The van der Waals surface area contributed by atoms with Crippen LogP contribution in [-0.2, 0) is 22.6 Å². The van der Waals surface area contributed by atoms with Crippen LogP contribution < -0.4 is 15.0 Å². The maximum absolute atomic E-state index is 12.0. The van der Waals surface area contributed by atoms with Crippen molar-refractivity contribution in [1.29, 1.82) is 0 Å². The number of alkyl halides is 3. The van der Waals surface area contributed by atoms with E-state index in [9.17, 15) is 18.0 Å². The van der Waals surface area contributed by atoms with Crippen molar-refractivity contribution in [2.24, 2.45) is 0 Å².